The van der Waals surface area contributed by atoms with Crippen molar-refractivity contribution >= 4 is 55.4 Å². The number of anilines is 1. The summed E-state index contributed by atoms with van der Waals surface area (Å²) in [6.45, 7) is 1.46. The Balaban J connectivity index is 0.00000384. The number of H-pyrrole nitrogens is 1. The number of aromatic amines is 1. The minimum Gasteiger partial charge on any atom is -0.744 e. The third-order valence-electron chi connectivity index (χ3n) is 5.95. The Morgan fingerprint density at radius 1 is 0.957 bits per heavy atom. The fraction of sp³-hybridized carbons (Fsp3) is 0.0741. The Kier molecular flexibility index (Phi) is 14.6. The monoisotopic (exact) mass is 732 g/mol. The number of aromatic nitrogens is 2. The van der Waals surface area contributed by atoms with Crippen molar-refractivity contribution in [1.29, 1.82) is 0 Å². The summed E-state index contributed by atoms with van der Waals surface area (Å²) in [5, 5.41) is 16.1. The van der Waals surface area contributed by atoms with Gasteiger partial charge in [0.25, 0.3) is 17.2 Å². The van der Waals surface area contributed by atoms with E-state index >= 15 is 0 Å². The fourth-order valence-electron chi connectivity index (χ4n) is 3.92. The largest absolute Gasteiger partial charge is 1.00 e. The first-order chi connectivity index (χ1) is 21.2. The number of amides is 1. The van der Waals surface area contributed by atoms with Crippen molar-refractivity contribution < 1.29 is 153 Å². The number of carbonyl (C=O) groups is 3. The number of esters is 1. The van der Waals surface area contributed by atoms with E-state index in [1.54, 1.807) is 0 Å². The van der Waals surface area contributed by atoms with Gasteiger partial charge in [0.1, 0.15) is 26.3 Å². The minimum atomic E-state index is -4.79. The number of aliphatic hydroxyl groups is 1. The molecule has 1 amide bonds. The van der Waals surface area contributed by atoms with Crippen LogP contribution in [0.2, 0.25) is 0 Å². The molecule has 2 heterocycles. The molecule has 0 atom stereocenters. The van der Waals surface area contributed by atoms with Crippen molar-refractivity contribution in [1.82, 2.24) is 9.78 Å². The van der Waals surface area contributed by atoms with Crippen LogP contribution in [0.1, 0.15) is 23.0 Å². The second-order valence-corrected chi connectivity index (χ2v) is 11.5. The first-order valence-corrected chi connectivity index (χ1v) is 15.1. The molecule has 0 radical (unpaired) electrons. The number of rotatable bonds is 9. The third kappa shape index (κ3) is 9.43. The summed E-state index contributed by atoms with van der Waals surface area (Å²) in [4.78, 5) is 50.5. The molecule has 0 spiro atoms. The number of carbonyl (C=O) groups excluding carboxylic acids is 3. The van der Waals surface area contributed by atoms with Crippen molar-refractivity contribution in [2.45, 2.75) is 16.7 Å². The van der Waals surface area contributed by atoms with E-state index in [1.807, 2.05) is 5.92 Å². The molecule has 4 rings (SSSR count). The van der Waals surface area contributed by atoms with Crippen LogP contribution >= 0.6 is 0 Å². The van der Waals surface area contributed by atoms with Gasteiger partial charge in [-0.15, -0.1) is 0 Å². The molecule has 20 heteroatoms. The number of nitrogens with one attached hydrogen (secondary N) is 1. The maximum Gasteiger partial charge on any atom is 1.00 e. The summed E-state index contributed by atoms with van der Waals surface area (Å²) >= 11 is 0. The third-order valence-corrected chi connectivity index (χ3v) is 7.65. The van der Waals surface area contributed by atoms with Crippen LogP contribution in [0, 0.1) is 12.0 Å². The van der Waals surface area contributed by atoms with Gasteiger partial charge in [0.2, 0.25) is 0 Å². The molecule has 232 valence electrons. The summed E-state index contributed by atoms with van der Waals surface area (Å²) in [5.41, 5.74) is -2.32. The zero-order chi connectivity index (χ0) is 33.1. The van der Waals surface area contributed by atoms with Gasteiger partial charge >= 0.3 is 109 Å². The molecule has 0 saturated heterocycles. The van der Waals surface area contributed by atoms with E-state index in [2.05, 4.69) is 10.2 Å². The number of allylic oxidation sites excluding steroid dienone is 2. The smallest absolute Gasteiger partial charge is 0.744 e. The maximum absolute atomic E-state index is 13.3. The summed E-state index contributed by atoms with van der Waals surface area (Å²) in [7, 11) is -9.56. The first kappa shape index (κ1) is 40.8. The first-order valence-electron chi connectivity index (χ1n) is 12.3. The van der Waals surface area contributed by atoms with Gasteiger partial charge in [0.05, 0.1) is 38.9 Å². The second kappa shape index (κ2) is 16.9. The summed E-state index contributed by atoms with van der Waals surface area (Å²) in [5.74, 6) is -1.11. The van der Waals surface area contributed by atoms with Crippen LogP contribution < -0.4 is 113 Å². The molecule has 1 aromatic heterocycles. The van der Waals surface area contributed by atoms with Crippen LogP contribution in [0.15, 0.2) is 85.9 Å². The Labute approximate surface area is 351 Å². The summed E-state index contributed by atoms with van der Waals surface area (Å²) in [6.07, 6.45) is 4.70. The van der Waals surface area contributed by atoms with Crippen LogP contribution in [-0.2, 0) is 34.6 Å². The average molecular weight is 733 g/mol. The molecule has 0 bridgehead atoms. The van der Waals surface area contributed by atoms with Gasteiger partial charge in [-0.25, -0.2) is 26.3 Å². The van der Waals surface area contributed by atoms with E-state index in [0.717, 1.165) is 71.4 Å². The van der Waals surface area contributed by atoms with Crippen molar-refractivity contribution in [3.05, 3.63) is 87.9 Å². The molecule has 1 aliphatic heterocycles. The number of ether oxygens (including phenoxy) is 1. The predicted octanol–water partition coefficient (Wildman–Crippen LogP) is -5.60. The van der Waals surface area contributed by atoms with Gasteiger partial charge in [-0.05, 0) is 67.6 Å². The Morgan fingerprint density at radius 2 is 1.49 bits per heavy atom. The summed E-state index contributed by atoms with van der Waals surface area (Å²) < 4.78 is 73.3. The molecule has 47 heavy (non-hydrogen) atoms. The van der Waals surface area contributed by atoms with Crippen molar-refractivity contribution in [3.63, 3.8) is 0 Å². The molecule has 0 fully saturated rings. The second-order valence-electron chi connectivity index (χ2n) is 8.73. The molecule has 16 nitrogen and oxygen atoms in total. The maximum atomic E-state index is 13.3. The van der Waals surface area contributed by atoms with E-state index in [-0.39, 0.29) is 138 Å². The molecule has 3 aromatic rings. The number of aliphatic hydroxyl groups excluding tert-OH is 1. The topological polar surface area (TPSA) is 248 Å². The number of benzene rings is 2. The van der Waals surface area contributed by atoms with Crippen molar-refractivity contribution in [2.24, 2.45) is 5.10 Å². The van der Waals surface area contributed by atoms with E-state index < -0.39 is 59.0 Å². The van der Waals surface area contributed by atoms with E-state index in [9.17, 15) is 45.1 Å². The minimum absolute atomic E-state index is 0. The molecular weight excluding hydrogens is 715 g/mol. The molecule has 2 aromatic carbocycles. The molecular formula is C27H18K2N4O12S2. The zero-order valence-corrected chi connectivity index (χ0v) is 32.5. The number of hydrogen-bond acceptors (Lipinski definition) is 13. The summed E-state index contributed by atoms with van der Waals surface area (Å²) in [6, 6.07) is 8.27. The van der Waals surface area contributed by atoms with E-state index in [0.29, 0.717) is 5.01 Å². The zero-order valence-electron chi connectivity index (χ0n) is 24.7. The Bertz CT molecular complexity index is 2160. The average Bonchev–Trinajstić information content (AvgIpc) is 3.49. The van der Waals surface area contributed by atoms with Crippen LogP contribution in [0.3, 0.4) is 0 Å². The quantitative estimate of drug-likeness (QED) is 0.0688. The van der Waals surface area contributed by atoms with Crippen molar-refractivity contribution in [2.75, 3.05) is 11.6 Å². The standard InChI is InChI=1S/C27H20N4O12S2.2K/c1-2-43-27(36)24-21(26(35)31(29-24)17-8-12-19(13-9-17)45(40,41)42)5-3-4-20-23(22(33)14-15-32)28-30(25(20)34)16-6-10-18(11-7-16)44(37,38)39;;/h3-13,29,32H,2H2,1H3,(H,37,38,39)(H,40,41,42);;/q;2*+1/p-2/b5-3?,20-4-;;. The van der Waals surface area contributed by atoms with Crippen LogP contribution in [0.5, 0.6) is 0 Å². The number of ketones is 1. The van der Waals surface area contributed by atoms with Gasteiger partial charge in [0, 0.05) is 5.92 Å². The molecule has 1 aliphatic rings. The molecule has 0 unspecified atom stereocenters. The number of nitrogens with zero attached hydrogens (tertiary/aromatic N) is 3. The van der Waals surface area contributed by atoms with Crippen molar-refractivity contribution in [3.8, 4) is 17.7 Å². The van der Waals surface area contributed by atoms with E-state index in [4.69, 9.17) is 9.84 Å². The van der Waals surface area contributed by atoms with E-state index in [1.165, 1.54) is 13.0 Å². The van der Waals surface area contributed by atoms with Crippen LogP contribution in [0.4, 0.5) is 5.69 Å². The molecule has 0 aliphatic carbocycles. The SMILES string of the molecule is CCOC(=O)c1[nH]n(-c2ccc(S(=O)(=O)[O-])cc2)c(=O)c1C=C/C=C1\C(=O)N(c2ccc(S(=O)(=O)[O-])cc2)N=C1C(=O)C#CO.[K+].[K+]. The van der Waals surface area contributed by atoms with Crippen LogP contribution in [0.25, 0.3) is 11.8 Å². The number of hydrogen-bond donors (Lipinski definition) is 2. The number of Topliss-reactive ketones (excluding diaryl/α,β-unsaturated/α-hetero) is 1. The molecule has 0 saturated carbocycles. The van der Waals surface area contributed by atoms with Gasteiger partial charge in [-0.1, -0.05) is 6.08 Å². The van der Waals surface area contributed by atoms with Gasteiger partial charge in [0.15, 0.2) is 11.4 Å². The normalized spacial score (nSPS) is 13.8. The number of hydrazone groups is 1. The van der Waals surface area contributed by atoms with Gasteiger partial charge in [-0.3, -0.25) is 19.5 Å². The Hall–Kier alpha value is -2.34. The van der Waals surface area contributed by atoms with Gasteiger partial charge < -0.3 is 18.9 Å². The van der Waals surface area contributed by atoms with Gasteiger partial charge in [-0.2, -0.15) is 10.1 Å². The Morgan fingerprint density at radius 3 is 1.98 bits per heavy atom. The molecule has 2 N–H and O–H groups in total. The van der Waals surface area contributed by atoms with Crippen LogP contribution in [-0.4, -0.2) is 70.8 Å². The predicted molar refractivity (Wildman–Crippen MR) is 151 cm³/mol. The fourth-order valence-corrected chi connectivity index (χ4v) is 4.86.